The summed E-state index contributed by atoms with van der Waals surface area (Å²) >= 11 is 0. The molecule has 0 aromatic carbocycles. The average Bonchev–Trinajstić information content (AvgIpc) is 2.66. The topological polar surface area (TPSA) is 105 Å². The van der Waals surface area contributed by atoms with Crippen LogP contribution in [0.2, 0.25) is 0 Å². The van der Waals surface area contributed by atoms with Gasteiger partial charge < -0.3 is 5.11 Å². The number of rotatable bonds is 1. The number of fused-ring (bicyclic) bond motifs is 1. The molecule has 0 spiro atoms. The van der Waals surface area contributed by atoms with Crippen LogP contribution in [-0.4, -0.2) is 36.7 Å². The Balaban J connectivity index is 0.000000171. The average molecular weight is 195 g/mol. The molecule has 2 rings (SSSR count). The summed E-state index contributed by atoms with van der Waals surface area (Å²) in [5.41, 5.74) is 1.29. The van der Waals surface area contributed by atoms with E-state index in [1.165, 1.54) is 0 Å². The van der Waals surface area contributed by atoms with Crippen molar-refractivity contribution in [2.45, 2.75) is 13.3 Å². The largest absolute Gasteiger partial charge is 0.481 e. The smallest absolute Gasteiger partial charge is 0.303 e. The zero-order valence-corrected chi connectivity index (χ0v) is 7.51. The fourth-order valence-corrected chi connectivity index (χ4v) is 0.611. The van der Waals surface area contributed by atoms with Crippen molar-refractivity contribution >= 4 is 17.1 Å². The van der Waals surface area contributed by atoms with Gasteiger partial charge in [-0.25, -0.2) is 0 Å². The molecule has 0 aliphatic carbocycles. The lowest BCUT2D eigenvalue weighted by Gasteiger charge is -1.76. The number of carbonyl (C=O) groups is 1. The van der Waals surface area contributed by atoms with Gasteiger partial charge in [-0.2, -0.15) is 15.4 Å². The van der Waals surface area contributed by atoms with Crippen LogP contribution in [0.4, 0.5) is 0 Å². The Morgan fingerprint density at radius 3 is 2.86 bits per heavy atom. The van der Waals surface area contributed by atoms with Crippen molar-refractivity contribution in [1.82, 2.24) is 25.6 Å². The number of nitrogens with zero attached hydrogens (tertiary/aromatic N) is 4. The lowest BCUT2D eigenvalue weighted by molar-refractivity contribution is -0.136. The number of carboxylic acids is 1. The molecule has 2 N–H and O–H groups in total. The Bertz CT molecular complexity index is 383. The first-order valence-electron chi connectivity index (χ1n) is 3.94. The van der Waals surface area contributed by atoms with E-state index in [4.69, 9.17) is 5.11 Å². The molecule has 0 bridgehead atoms. The van der Waals surface area contributed by atoms with Gasteiger partial charge in [0.25, 0.3) is 0 Å². The van der Waals surface area contributed by atoms with E-state index in [1.54, 1.807) is 19.2 Å². The summed E-state index contributed by atoms with van der Waals surface area (Å²) in [5, 5.41) is 24.9. The number of hydrogen-bond acceptors (Lipinski definition) is 5. The summed E-state index contributed by atoms with van der Waals surface area (Å²) in [4.78, 5) is 9.37. The minimum absolute atomic E-state index is 0.222. The highest BCUT2D eigenvalue weighted by Crippen LogP contribution is 1.97. The normalized spacial score (nSPS) is 9.21. The van der Waals surface area contributed by atoms with Crippen LogP contribution in [0, 0.1) is 0 Å². The van der Waals surface area contributed by atoms with Crippen LogP contribution in [0.1, 0.15) is 13.3 Å². The van der Waals surface area contributed by atoms with Gasteiger partial charge in [0.2, 0.25) is 5.65 Å². The molecule has 0 saturated carbocycles. The molecule has 74 valence electrons. The van der Waals surface area contributed by atoms with Crippen molar-refractivity contribution in [3.63, 3.8) is 0 Å². The molecule has 0 atom stereocenters. The second-order valence-electron chi connectivity index (χ2n) is 2.31. The van der Waals surface area contributed by atoms with E-state index in [1.807, 2.05) is 0 Å². The molecule has 0 aliphatic rings. The SMILES string of the molecule is CCC(=O)O.c1cc2n[nH]nc2nn1. The van der Waals surface area contributed by atoms with Crippen molar-refractivity contribution in [2.24, 2.45) is 0 Å². The molecule has 7 nitrogen and oxygen atoms in total. The lowest BCUT2D eigenvalue weighted by Crippen LogP contribution is -1.86. The number of aliphatic carboxylic acids is 1. The fraction of sp³-hybridized carbons (Fsp3) is 0.286. The molecule has 0 amide bonds. The highest BCUT2D eigenvalue weighted by atomic mass is 16.4. The Morgan fingerprint density at radius 2 is 2.29 bits per heavy atom. The van der Waals surface area contributed by atoms with Gasteiger partial charge in [0, 0.05) is 6.42 Å². The van der Waals surface area contributed by atoms with Crippen LogP contribution >= 0.6 is 0 Å². The van der Waals surface area contributed by atoms with Crippen molar-refractivity contribution in [2.75, 3.05) is 0 Å². The van der Waals surface area contributed by atoms with Crippen LogP contribution in [0.3, 0.4) is 0 Å². The maximum absolute atomic E-state index is 9.37. The van der Waals surface area contributed by atoms with Gasteiger partial charge >= 0.3 is 5.97 Å². The van der Waals surface area contributed by atoms with E-state index in [9.17, 15) is 4.79 Å². The molecule has 7 heteroatoms. The number of hydrogen-bond donors (Lipinski definition) is 2. The van der Waals surface area contributed by atoms with E-state index < -0.39 is 5.97 Å². The van der Waals surface area contributed by atoms with Gasteiger partial charge in [-0.1, -0.05) is 6.92 Å². The van der Waals surface area contributed by atoms with E-state index in [-0.39, 0.29) is 6.42 Å². The van der Waals surface area contributed by atoms with Gasteiger partial charge in [0.05, 0.1) is 6.20 Å². The van der Waals surface area contributed by atoms with Gasteiger partial charge in [0.15, 0.2) is 0 Å². The predicted octanol–water partition coefficient (Wildman–Crippen LogP) is 0.229. The summed E-state index contributed by atoms with van der Waals surface area (Å²) in [5.74, 6) is -0.745. The minimum atomic E-state index is -0.745. The second-order valence-corrected chi connectivity index (χ2v) is 2.31. The standard InChI is InChI=1S/C4H3N5.C3H6O2/c1-2-5-7-4-3(1)6-9-8-4;1-2-3(4)5/h1-2H,(H,6,7,8,9);2H2,1H3,(H,4,5). The zero-order chi connectivity index (χ0) is 10.4. The molecule has 0 aliphatic heterocycles. The Kier molecular flexibility index (Phi) is 3.48. The summed E-state index contributed by atoms with van der Waals surface area (Å²) in [6.07, 6.45) is 1.80. The third kappa shape index (κ3) is 2.77. The maximum atomic E-state index is 9.37. The summed E-state index contributed by atoms with van der Waals surface area (Å²) < 4.78 is 0. The number of nitrogens with one attached hydrogen (secondary N) is 1. The van der Waals surface area contributed by atoms with Gasteiger partial charge in [0.1, 0.15) is 5.52 Å². The van der Waals surface area contributed by atoms with E-state index in [2.05, 4.69) is 25.6 Å². The Hall–Kier alpha value is -2.05. The monoisotopic (exact) mass is 195 g/mol. The van der Waals surface area contributed by atoms with Crippen LogP contribution < -0.4 is 0 Å². The molecule has 0 unspecified atom stereocenters. The van der Waals surface area contributed by atoms with Gasteiger partial charge in [-0.05, 0) is 6.07 Å². The third-order valence-corrected chi connectivity index (χ3v) is 1.31. The summed E-state index contributed by atoms with van der Waals surface area (Å²) in [7, 11) is 0. The van der Waals surface area contributed by atoms with Crippen molar-refractivity contribution in [1.29, 1.82) is 0 Å². The van der Waals surface area contributed by atoms with Crippen LogP contribution in [0.5, 0.6) is 0 Å². The van der Waals surface area contributed by atoms with Crippen molar-refractivity contribution in [3.05, 3.63) is 12.3 Å². The van der Waals surface area contributed by atoms with E-state index >= 15 is 0 Å². The Morgan fingerprint density at radius 1 is 1.57 bits per heavy atom. The fourth-order valence-electron chi connectivity index (χ4n) is 0.611. The van der Waals surface area contributed by atoms with Crippen LogP contribution in [0.25, 0.3) is 11.2 Å². The quantitative estimate of drug-likeness (QED) is 0.674. The molecule has 0 radical (unpaired) electrons. The molecule has 0 fully saturated rings. The molecule has 14 heavy (non-hydrogen) atoms. The van der Waals surface area contributed by atoms with Crippen LogP contribution in [-0.2, 0) is 4.79 Å². The van der Waals surface area contributed by atoms with Crippen molar-refractivity contribution < 1.29 is 9.90 Å². The lowest BCUT2D eigenvalue weighted by atomic mass is 10.5. The number of aromatic amines is 1. The van der Waals surface area contributed by atoms with E-state index in [0.29, 0.717) is 5.65 Å². The molecule has 2 heterocycles. The predicted molar refractivity (Wildman–Crippen MR) is 47.4 cm³/mol. The second kappa shape index (κ2) is 4.85. The summed E-state index contributed by atoms with van der Waals surface area (Å²) in [6.45, 7) is 1.60. The van der Waals surface area contributed by atoms with Crippen LogP contribution in [0.15, 0.2) is 12.3 Å². The number of carboxylic acid groups (broad SMARTS) is 1. The van der Waals surface area contributed by atoms with Gasteiger partial charge in [-0.3, -0.25) is 4.79 Å². The highest BCUT2D eigenvalue weighted by Gasteiger charge is 1.93. The molecule has 0 saturated heterocycles. The molecule has 2 aromatic heterocycles. The minimum Gasteiger partial charge on any atom is -0.481 e. The summed E-state index contributed by atoms with van der Waals surface area (Å²) in [6, 6.07) is 1.74. The first-order valence-corrected chi connectivity index (χ1v) is 3.94. The highest BCUT2D eigenvalue weighted by molar-refractivity contribution is 5.66. The molecular formula is C7H9N5O2. The molecular weight excluding hydrogens is 186 g/mol. The van der Waals surface area contributed by atoms with E-state index in [0.717, 1.165) is 5.52 Å². The zero-order valence-electron chi connectivity index (χ0n) is 7.51. The maximum Gasteiger partial charge on any atom is 0.303 e. The first kappa shape index (κ1) is 10.0. The van der Waals surface area contributed by atoms with Gasteiger partial charge in [-0.15, -0.1) is 10.2 Å². The number of H-pyrrole nitrogens is 1. The number of aromatic nitrogens is 5. The molecule has 2 aromatic rings. The first-order chi connectivity index (χ1) is 6.74. The van der Waals surface area contributed by atoms with Crippen molar-refractivity contribution in [3.8, 4) is 0 Å². The third-order valence-electron chi connectivity index (χ3n) is 1.31. The Labute approximate surface area is 79.2 Å².